The van der Waals surface area contributed by atoms with Crippen LogP contribution in [0.25, 0.3) is 0 Å². The zero-order valence-electron chi connectivity index (χ0n) is 13.3. The first kappa shape index (κ1) is 17.6. The minimum atomic E-state index is -2.57. The molecule has 1 aliphatic rings. The van der Waals surface area contributed by atoms with Gasteiger partial charge in [-0.25, -0.2) is 8.60 Å². The first-order valence-electron chi connectivity index (χ1n) is 7.51. The van der Waals surface area contributed by atoms with Crippen LogP contribution in [-0.4, -0.2) is 34.7 Å². The summed E-state index contributed by atoms with van der Waals surface area (Å²) in [5.74, 6) is -1.09. The molecule has 1 aromatic rings. The zero-order chi connectivity index (χ0) is 17.0. The number of alkyl halides is 1. The van der Waals surface area contributed by atoms with E-state index in [0.717, 1.165) is 0 Å². The molecular formula is C16H21FN2O3S. The Kier molecular flexibility index (Phi) is 5.51. The van der Waals surface area contributed by atoms with Gasteiger partial charge in [0, 0.05) is 28.2 Å². The van der Waals surface area contributed by atoms with Crippen LogP contribution in [0.1, 0.15) is 36.0 Å². The smallest absolute Gasteiger partial charge is 0.287 e. The molecule has 0 heterocycles. The van der Waals surface area contributed by atoms with Crippen molar-refractivity contribution in [1.82, 2.24) is 0 Å². The van der Waals surface area contributed by atoms with Crippen LogP contribution in [-0.2, 0) is 14.5 Å². The van der Waals surface area contributed by atoms with E-state index in [1.807, 2.05) is 0 Å². The highest BCUT2D eigenvalue weighted by Gasteiger charge is 2.26. The minimum Gasteiger partial charge on any atom is -0.325 e. The van der Waals surface area contributed by atoms with Crippen LogP contribution in [0.3, 0.4) is 0 Å². The van der Waals surface area contributed by atoms with Crippen LogP contribution < -0.4 is 5.32 Å². The Labute approximate surface area is 135 Å². The number of benzene rings is 1. The lowest BCUT2D eigenvalue weighted by molar-refractivity contribution is -0.121. The van der Waals surface area contributed by atoms with Gasteiger partial charge in [-0.15, -0.1) is 0 Å². The summed E-state index contributed by atoms with van der Waals surface area (Å²) in [6.07, 6.45) is 3.72. The Morgan fingerprint density at radius 2 is 1.78 bits per heavy atom. The highest BCUT2D eigenvalue weighted by molar-refractivity contribution is 7.92. The van der Waals surface area contributed by atoms with Crippen LogP contribution in [0, 0.1) is 5.92 Å². The topological polar surface area (TPSA) is 75.6 Å². The number of amides is 2. The number of para-hydroxylation sites is 1. The van der Waals surface area contributed by atoms with Crippen molar-refractivity contribution in [3.05, 3.63) is 29.8 Å². The highest BCUT2D eigenvalue weighted by atomic mass is 32.2. The third-order valence-electron chi connectivity index (χ3n) is 3.75. The lowest BCUT2D eigenvalue weighted by atomic mass is 9.87. The molecule has 0 unspecified atom stereocenters. The lowest BCUT2D eigenvalue weighted by Gasteiger charge is -2.23. The fourth-order valence-electron chi connectivity index (χ4n) is 2.58. The molecule has 1 aromatic carbocycles. The Bertz CT molecular complexity index is 710. The van der Waals surface area contributed by atoms with Gasteiger partial charge in [0.15, 0.2) is 0 Å². The number of anilines is 1. The first-order chi connectivity index (χ1) is 10.8. The number of carbonyl (C=O) groups excluding carboxylic acids is 2. The van der Waals surface area contributed by atoms with E-state index >= 15 is 0 Å². The second kappa shape index (κ2) is 7.21. The molecule has 2 amide bonds. The van der Waals surface area contributed by atoms with E-state index in [1.165, 1.54) is 18.6 Å². The molecule has 2 rings (SSSR count). The number of nitrogens with zero attached hydrogens (tertiary/aromatic N) is 1. The van der Waals surface area contributed by atoms with Crippen molar-refractivity contribution < 1.29 is 18.2 Å². The fraction of sp³-hybridized carbons (Fsp3) is 0.500. The van der Waals surface area contributed by atoms with Gasteiger partial charge in [0.2, 0.25) is 5.91 Å². The van der Waals surface area contributed by atoms with Crippen LogP contribution in [0.2, 0.25) is 0 Å². The van der Waals surface area contributed by atoms with E-state index < -0.39 is 21.8 Å². The summed E-state index contributed by atoms with van der Waals surface area (Å²) in [5, 5.41) is 2.73. The molecular weight excluding hydrogens is 319 g/mol. The molecule has 0 spiro atoms. The molecule has 1 saturated carbocycles. The summed E-state index contributed by atoms with van der Waals surface area (Å²) >= 11 is 0. The average molecular weight is 340 g/mol. The summed E-state index contributed by atoms with van der Waals surface area (Å²) in [7, 11) is -2.57. The maximum Gasteiger partial charge on any atom is 0.287 e. The number of rotatable bonds is 3. The summed E-state index contributed by atoms with van der Waals surface area (Å²) < 4.78 is 28.5. The molecule has 1 fully saturated rings. The SMILES string of the molecule is CS(C)(=O)=NC(=O)c1ccccc1NC(=O)C1CCC(F)CC1. The van der Waals surface area contributed by atoms with Crippen LogP contribution in [0.4, 0.5) is 10.1 Å². The lowest BCUT2D eigenvalue weighted by Crippen LogP contribution is -2.28. The van der Waals surface area contributed by atoms with Crippen molar-refractivity contribution >= 4 is 27.2 Å². The maximum atomic E-state index is 13.2. The van der Waals surface area contributed by atoms with Crippen molar-refractivity contribution in [2.75, 3.05) is 17.8 Å². The van der Waals surface area contributed by atoms with Gasteiger partial charge in [-0.2, -0.15) is 4.36 Å². The molecule has 0 radical (unpaired) electrons. The standard InChI is InChI=1S/C16H21FN2O3S/c1-23(2,22)19-16(21)13-5-3-4-6-14(13)18-15(20)11-7-9-12(17)10-8-11/h3-6,11-12H,7-10H2,1-2H3,(H,18,20). The van der Waals surface area contributed by atoms with E-state index in [-0.39, 0.29) is 17.4 Å². The highest BCUT2D eigenvalue weighted by Crippen LogP contribution is 2.28. The molecule has 5 nitrogen and oxygen atoms in total. The number of carbonyl (C=O) groups is 2. The maximum absolute atomic E-state index is 13.2. The van der Waals surface area contributed by atoms with E-state index in [0.29, 0.717) is 31.4 Å². The Hall–Kier alpha value is -1.76. The first-order valence-corrected chi connectivity index (χ1v) is 9.85. The van der Waals surface area contributed by atoms with E-state index in [2.05, 4.69) is 9.68 Å². The predicted molar refractivity (Wildman–Crippen MR) is 88.7 cm³/mol. The van der Waals surface area contributed by atoms with Crippen molar-refractivity contribution in [3.63, 3.8) is 0 Å². The number of hydrogen-bond acceptors (Lipinski definition) is 3. The van der Waals surface area contributed by atoms with E-state index in [4.69, 9.17) is 0 Å². The molecule has 23 heavy (non-hydrogen) atoms. The van der Waals surface area contributed by atoms with Gasteiger partial charge >= 0.3 is 0 Å². The molecule has 0 aromatic heterocycles. The van der Waals surface area contributed by atoms with Crippen LogP contribution in [0.5, 0.6) is 0 Å². The van der Waals surface area contributed by atoms with Crippen LogP contribution >= 0.6 is 0 Å². The third kappa shape index (κ3) is 5.13. The molecule has 1 N–H and O–H groups in total. The normalized spacial score (nSPS) is 21.5. The van der Waals surface area contributed by atoms with Crippen molar-refractivity contribution in [1.29, 1.82) is 0 Å². The average Bonchev–Trinajstić information content (AvgIpc) is 2.46. The zero-order valence-corrected chi connectivity index (χ0v) is 14.1. The van der Waals surface area contributed by atoms with Gasteiger partial charge in [0.1, 0.15) is 6.17 Å². The largest absolute Gasteiger partial charge is 0.325 e. The van der Waals surface area contributed by atoms with Crippen LogP contribution in [0.15, 0.2) is 28.6 Å². The predicted octanol–water partition coefficient (Wildman–Crippen LogP) is 3.02. The van der Waals surface area contributed by atoms with Crippen molar-refractivity contribution in [2.45, 2.75) is 31.9 Å². The molecule has 0 atom stereocenters. The van der Waals surface area contributed by atoms with Gasteiger partial charge in [0.05, 0.1) is 11.3 Å². The number of halogens is 1. The van der Waals surface area contributed by atoms with Crippen molar-refractivity contribution in [3.8, 4) is 0 Å². The quantitative estimate of drug-likeness (QED) is 0.919. The minimum absolute atomic E-state index is 0.205. The number of hydrogen-bond donors (Lipinski definition) is 1. The van der Waals surface area contributed by atoms with Gasteiger partial charge in [-0.1, -0.05) is 12.1 Å². The second-order valence-corrected chi connectivity index (χ2v) is 8.61. The summed E-state index contributed by atoms with van der Waals surface area (Å²) in [4.78, 5) is 24.4. The Morgan fingerprint density at radius 1 is 1.17 bits per heavy atom. The molecule has 0 saturated heterocycles. The second-order valence-electron chi connectivity index (χ2n) is 6.06. The van der Waals surface area contributed by atoms with Crippen molar-refractivity contribution in [2.24, 2.45) is 10.3 Å². The molecule has 7 heteroatoms. The Morgan fingerprint density at radius 3 is 2.39 bits per heavy atom. The van der Waals surface area contributed by atoms with E-state index in [1.54, 1.807) is 18.2 Å². The van der Waals surface area contributed by atoms with Gasteiger partial charge in [0.25, 0.3) is 5.91 Å². The fourth-order valence-corrected chi connectivity index (χ4v) is 3.07. The molecule has 0 bridgehead atoms. The molecule has 1 aliphatic carbocycles. The Balaban J connectivity index is 2.16. The summed E-state index contributed by atoms with van der Waals surface area (Å²) in [5.41, 5.74) is 0.550. The summed E-state index contributed by atoms with van der Waals surface area (Å²) in [6, 6.07) is 6.49. The third-order valence-corrected chi connectivity index (χ3v) is 4.35. The van der Waals surface area contributed by atoms with Gasteiger partial charge < -0.3 is 5.32 Å². The molecule has 126 valence electrons. The number of nitrogens with one attached hydrogen (secondary N) is 1. The van der Waals surface area contributed by atoms with E-state index in [9.17, 15) is 18.2 Å². The monoisotopic (exact) mass is 340 g/mol. The summed E-state index contributed by atoms with van der Waals surface area (Å²) in [6.45, 7) is 0. The van der Waals surface area contributed by atoms with Gasteiger partial charge in [-0.05, 0) is 37.8 Å². The molecule has 0 aliphatic heterocycles. The van der Waals surface area contributed by atoms with Gasteiger partial charge in [-0.3, -0.25) is 9.59 Å².